The third kappa shape index (κ3) is 4.01. The number of para-hydroxylation sites is 1. The number of rotatable bonds is 4. The zero-order chi connectivity index (χ0) is 21.2. The Balaban J connectivity index is 1.37. The minimum atomic E-state index is -0.0131. The molecule has 1 saturated heterocycles. The first-order valence-electron chi connectivity index (χ1n) is 10.7. The van der Waals surface area contributed by atoms with Gasteiger partial charge in [-0.15, -0.1) is 0 Å². The molecule has 5 rings (SSSR count). The van der Waals surface area contributed by atoms with Gasteiger partial charge >= 0.3 is 0 Å². The molecule has 6 heteroatoms. The smallest absolute Gasteiger partial charge is 0.258 e. The number of nitrogens with zero attached hydrogens (tertiary/aromatic N) is 2. The number of thiophene rings is 1. The summed E-state index contributed by atoms with van der Waals surface area (Å²) in [6.45, 7) is 2.08. The molecule has 0 saturated carbocycles. The van der Waals surface area contributed by atoms with Gasteiger partial charge in [0.2, 0.25) is 0 Å². The number of carbonyl (C=O) groups is 2. The zero-order valence-corrected chi connectivity index (χ0v) is 18.1. The molecule has 1 aromatic heterocycles. The van der Waals surface area contributed by atoms with E-state index < -0.39 is 0 Å². The normalized spacial score (nSPS) is 20.6. The van der Waals surface area contributed by atoms with Crippen molar-refractivity contribution in [3.63, 3.8) is 0 Å². The molecule has 2 aliphatic heterocycles. The molecule has 0 unspecified atom stereocenters. The second-order valence-electron chi connectivity index (χ2n) is 8.19. The van der Waals surface area contributed by atoms with Gasteiger partial charge < -0.3 is 10.2 Å². The maximum Gasteiger partial charge on any atom is 0.258 e. The van der Waals surface area contributed by atoms with Crippen LogP contribution in [0.4, 0.5) is 5.69 Å². The van der Waals surface area contributed by atoms with Gasteiger partial charge in [-0.3, -0.25) is 14.5 Å². The summed E-state index contributed by atoms with van der Waals surface area (Å²) >= 11 is 1.53. The molecule has 2 aliphatic rings. The molecule has 0 bridgehead atoms. The molecule has 1 N–H and O–H groups in total. The number of carbonyl (C=O) groups excluding carboxylic acids is 2. The monoisotopic (exact) mass is 431 g/mol. The lowest BCUT2D eigenvalue weighted by Crippen LogP contribution is -2.45. The molecule has 2 atom stereocenters. The van der Waals surface area contributed by atoms with Gasteiger partial charge in [-0.05, 0) is 48.1 Å². The summed E-state index contributed by atoms with van der Waals surface area (Å²) in [6.07, 6.45) is 2.04. The SMILES string of the molecule is O=C(NC[C@@H]1CC[C@@H]2CN(C(=O)c3ccccc3)c3ccccc3CN21)c1ccsc1. The number of hydrogen-bond acceptors (Lipinski definition) is 4. The van der Waals surface area contributed by atoms with Crippen molar-refractivity contribution in [2.45, 2.75) is 31.5 Å². The maximum atomic E-state index is 13.4. The van der Waals surface area contributed by atoms with E-state index in [9.17, 15) is 9.59 Å². The van der Waals surface area contributed by atoms with E-state index in [0.29, 0.717) is 18.7 Å². The average molecular weight is 432 g/mol. The highest BCUT2D eigenvalue weighted by Crippen LogP contribution is 2.35. The molecule has 3 aromatic rings. The topological polar surface area (TPSA) is 52.7 Å². The number of hydrogen-bond donors (Lipinski definition) is 1. The largest absolute Gasteiger partial charge is 0.350 e. The molecule has 0 radical (unpaired) electrons. The first kappa shape index (κ1) is 20.0. The van der Waals surface area contributed by atoms with Crippen LogP contribution < -0.4 is 10.2 Å². The van der Waals surface area contributed by atoms with Crippen molar-refractivity contribution >= 4 is 28.8 Å². The number of amides is 2. The highest BCUT2D eigenvalue weighted by atomic mass is 32.1. The third-order valence-corrected chi connectivity index (χ3v) is 7.03. The van der Waals surface area contributed by atoms with Gasteiger partial charge in [-0.25, -0.2) is 0 Å². The number of nitrogens with one attached hydrogen (secondary N) is 1. The third-order valence-electron chi connectivity index (χ3n) is 6.35. The van der Waals surface area contributed by atoms with Gasteiger partial charge in [-0.2, -0.15) is 11.3 Å². The van der Waals surface area contributed by atoms with Crippen molar-refractivity contribution in [2.75, 3.05) is 18.0 Å². The van der Waals surface area contributed by atoms with Crippen molar-refractivity contribution in [3.8, 4) is 0 Å². The molecule has 1 fully saturated rings. The van der Waals surface area contributed by atoms with Crippen LogP contribution in [-0.2, 0) is 6.54 Å². The van der Waals surface area contributed by atoms with Crippen LogP contribution in [0.25, 0.3) is 0 Å². The summed E-state index contributed by atoms with van der Waals surface area (Å²) in [5.74, 6) is 0.0323. The van der Waals surface area contributed by atoms with Gasteiger partial charge in [-0.1, -0.05) is 36.4 Å². The van der Waals surface area contributed by atoms with E-state index in [1.807, 2.05) is 70.3 Å². The molecule has 0 aliphatic carbocycles. The Labute approximate surface area is 186 Å². The van der Waals surface area contributed by atoms with Gasteiger partial charge in [0.05, 0.1) is 0 Å². The summed E-state index contributed by atoms with van der Waals surface area (Å²) in [5, 5.41) is 6.91. The Hall–Kier alpha value is -2.96. The van der Waals surface area contributed by atoms with Crippen LogP contribution in [0.15, 0.2) is 71.4 Å². The maximum absolute atomic E-state index is 13.4. The predicted molar refractivity (Wildman–Crippen MR) is 124 cm³/mol. The van der Waals surface area contributed by atoms with E-state index in [-0.39, 0.29) is 23.9 Å². The Kier molecular flexibility index (Phi) is 5.57. The van der Waals surface area contributed by atoms with Crippen LogP contribution in [0.3, 0.4) is 0 Å². The van der Waals surface area contributed by atoms with Crippen LogP contribution in [0.5, 0.6) is 0 Å². The van der Waals surface area contributed by atoms with E-state index in [1.165, 1.54) is 11.3 Å². The van der Waals surface area contributed by atoms with Crippen molar-refractivity contribution in [2.24, 2.45) is 0 Å². The van der Waals surface area contributed by atoms with Crippen molar-refractivity contribution in [3.05, 3.63) is 88.1 Å². The highest BCUT2D eigenvalue weighted by molar-refractivity contribution is 7.08. The summed E-state index contributed by atoms with van der Waals surface area (Å²) in [4.78, 5) is 30.2. The standard InChI is InChI=1S/C25H25N3O2S/c29-24(20-12-13-31-17-20)26-14-21-10-11-22-16-28(25(30)18-6-2-1-3-7-18)23-9-5-4-8-19(23)15-27(21)22/h1-9,12-13,17,21-22H,10-11,14-16H2,(H,26,29)/t21-,22+/m0/s1. The second-order valence-corrected chi connectivity index (χ2v) is 8.97. The zero-order valence-electron chi connectivity index (χ0n) is 17.2. The summed E-state index contributed by atoms with van der Waals surface area (Å²) < 4.78 is 0. The van der Waals surface area contributed by atoms with E-state index in [2.05, 4.69) is 16.3 Å². The van der Waals surface area contributed by atoms with Crippen LogP contribution in [0.1, 0.15) is 39.1 Å². The summed E-state index contributed by atoms with van der Waals surface area (Å²) in [5.41, 5.74) is 3.58. The molecule has 3 heterocycles. The Morgan fingerprint density at radius 2 is 1.77 bits per heavy atom. The van der Waals surface area contributed by atoms with Crippen LogP contribution in [0, 0.1) is 0 Å². The van der Waals surface area contributed by atoms with Crippen LogP contribution in [0.2, 0.25) is 0 Å². The number of benzene rings is 2. The van der Waals surface area contributed by atoms with Crippen molar-refractivity contribution < 1.29 is 9.59 Å². The summed E-state index contributed by atoms with van der Waals surface area (Å²) in [7, 11) is 0. The van der Waals surface area contributed by atoms with Gasteiger partial charge in [0.15, 0.2) is 0 Å². The Morgan fingerprint density at radius 1 is 0.968 bits per heavy atom. The minimum Gasteiger partial charge on any atom is -0.350 e. The molecule has 2 amide bonds. The fourth-order valence-electron chi connectivity index (χ4n) is 4.74. The lowest BCUT2D eigenvalue weighted by Gasteiger charge is -2.29. The molecule has 158 valence electrons. The summed E-state index contributed by atoms with van der Waals surface area (Å²) in [6, 6.07) is 20.1. The number of anilines is 1. The van der Waals surface area contributed by atoms with E-state index in [1.54, 1.807) is 0 Å². The van der Waals surface area contributed by atoms with Crippen LogP contribution in [-0.4, -0.2) is 41.9 Å². The minimum absolute atomic E-state index is 0.0131. The Morgan fingerprint density at radius 3 is 2.58 bits per heavy atom. The average Bonchev–Trinajstić information content (AvgIpc) is 3.44. The second kappa shape index (κ2) is 8.65. The molecule has 5 nitrogen and oxygen atoms in total. The lowest BCUT2D eigenvalue weighted by atomic mass is 10.1. The highest BCUT2D eigenvalue weighted by Gasteiger charge is 2.38. The lowest BCUT2D eigenvalue weighted by molar-refractivity contribution is 0.0934. The predicted octanol–water partition coefficient (Wildman–Crippen LogP) is 4.17. The fourth-order valence-corrected chi connectivity index (χ4v) is 5.37. The Bertz CT molecular complexity index is 1070. The van der Waals surface area contributed by atoms with E-state index in [0.717, 1.165) is 36.2 Å². The molecular formula is C25H25N3O2S. The quantitative estimate of drug-likeness (QED) is 0.675. The molecule has 31 heavy (non-hydrogen) atoms. The first-order valence-corrected chi connectivity index (χ1v) is 11.7. The molecular weight excluding hydrogens is 406 g/mol. The molecule has 2 aromatic carbocycles. The van der Waals surface area contributed by atoms with Crippen LogP contribution >= 0.6 is 11.3 Å². The van der Waals surface area contributed by atoms with Gasteiger partial charge in [0.25, 0.3) is 11.8 Å². The van der Waals surface area contributed by atoms with E-state index >= 15 is 0 Å². The van der Waals surface area contributed by atoms with Crippen molar-refractivity contribution in [1.29, 1.82) is 0 Å². The van der Waals surface area contributed by atoms with Gasteiger partial charge in [0.1, 0.15) is 0 Å². The van der Waals surface area contributed by atoms with E-state index in [4.69, 9.17) is 0 Å². The molecule has 0 spiro atoms. The van der Waals surface area contributed by atoms with Crippen molar-refractivity contribution in [1.82, 2.24) is 10.2 Å². The number of fused-ring (bicyclic) bond motifs is 2. The fraction of sp³-hybridized carbons (Fsp3) is 0.280. The first-order chi connectivity index (χ1) is 15.2. The van der Waals surface area contributed by atoms with Gasteiger partial charge in [0, 0.05) is 53.9 Å².